The molecule has 1 aliphatic rings. The maximum atomic E-state index is 12.3. The van der Waals surface area contributed by atoms with Crippen molar-refractivity contribution < 1.29 is 14.6 Å². The van der Waals surface area contributed by atoms with E-state index in [9.17, 15) is 4.79 Å². The number of para-hydroxylation sites is 1. The number of β-amino-alcohol motifs (C(OH)–C–C–N with tert-alkyl or cyclic N) is 1. The van der Waals surface area contributed by atoms with Gasteiger partial charge in [-0.2, -0.15) is 0 Å². The third kappa shape index (κ3) is 3.95. The van der Waals surface area contributed by atoms with E-state index in [1.54, 1.807) is 6.92 Å². The van der Waals surface area contributed by atoms with Gasteiger partial charge in [-0.25, -0.2) is 0 Å². The van der Waals surface area contributed by atoms with Crippen molar-refractivity contribution in [3.8, 4) is 5.75 Å². The zero-order chi connectivity index (χ0) is 14.4. The van der Waals surface area contributed by atoms with Crippen molar-refractivity contribution in [1.82, 2.24) is 9.80 Å². The fourth-order valence-corrected chi connectivity index (χ4v) is 2.34. The minimum atomic E-state index is -0.471. The van der Waals surface area contributed by atoms with Crippen LogP contribution >= 0.6 is 0 Å². The molecule has 20 heavy (non-hydrogen) atoms. The van der Waals surface area contributed by atoms with Crippen molar-refractivity contribution in [2.75, 3.05) is 39.3 Å². The summed E-state index contributed by atoms with van der Waals surface area (Å²) in [4.78, 5) is 16.3. The Morgan fingerprint density at radius 2 is 1.90 bits per heavy atom. The van der Waals surface area contributed by atoms with Crippen molar-refractivity contribution in [3.05, 3.63) is 30.3 Å². The number of piperazine rings is 1. The summed E-state index contributed by atoms with van der Waals surface area (Å²) in [6.07, 6.45) is -0.471. The molecule has 1 heterocycles. The molecule has 0 aliphatic carbocycles. The first kappa shape index (κ1) is 14.8. The Kier molecular flexibility index (Phi) is 5.38. The molecule has 1 N–H and O–H groups in total. The maximum Gasteiger partial charge on any atom is 0.263 e. The molecule has 1 aliphatic heterocycles. The van der Waals surface area contributed by atoms with E-state index < -0.39 is 6.10 Å². The van der Waals surface area contributed by atoms with Crippen LogP contribution in [-0.2, 0) is 4.79 Å². The number of carbonyl (C=O) groups is 1. The second kappa shape index (κ2) is 7.26. The topological polar surface area (TPSA) is 53.0 Å². The lowest BCUT2D eigenvalue weighted by Crippen LogP contribution is -2.52. The number of aliphatic hydroxyl groups is 1. The van der Waals surface area contributed by atoms with Gasteiger partial charge in [0.1, 0.15) is 5.75 Å². The Balaban J connectivity index is 1.82. The summed E-state index contributed by atoms with van der Waals surface area (Å²) in [6, 6.07) is 9.39. The molecule has 1 fully saturated rings. The number of rotatable bonds is 5. The molecule has 1 saturated heterocycles. The van der Waals surface area contributed by atoms with Crippen LogP contribution in [0, 0.1) is 0 Å². The lowest BCUT2D eigenvalue weighted by atomic mass is 10.2. The molecule has 0 unspecified atom stereocenters. The van der Waals surface area contributed by atoms with E-state index in [2.05, 4.69) is 4.90 Å². The molecule has 5 nitrogen and oxygen atoms in total. The molecule has 0 bridgehead atoms. The van der Waals surface area contributed by atoms with Crippen LogP contribution < -0.4 is 4.74 Å². The molecule has 1 aromatic carbocycles. The molecular weight excluding hydrogens is 256 g/mol. The number of hydrogen-bond donors (Lipinski definition) is 1. The van der Waals surface area contributed by atoms with E-state index in [0.717, 1.165) is 13.1 Å². The smallest absolute Gasteiger partial charge is 0.263 e. The molecule has 1 atom stereocenters. The van der Waals surface area contributed by atoms with Gasteiger partial charge in [-0.15, -0.1) is 0 Å². The first-order valence-corrected chi connectivity index (χ1v) is 7.04. The average Bonchev–Trinajstić information content (AvgIpc) is 2.48. The molecule has 0 saturated carbocycles. The molecule has 1 amide bonds. The summed E-state index contributed by atoms with van der Waals surface area (Å²) in [5.74, 6) is 0.741. The summed E-state index contributed by atoms with van der Waals surface area (Å²) >= 11 is 0. The molecule has 0 spiro atoms. The number of aliphatic hydroxyl groups excluding tert-OH is 1. The Morgan fingerprint density at radius 1 is 1.25 bits per heavy atom. The van der Waals surface area contributed by atoms with Gasteiger partial charge >= 0.3 is 0 Å². The number of hydrogen-bond acceptors (Lipinski definition) is 4. The fraction of sp³-hybridized carbons (Fsp3) is 0.533. The SMILES string of the molecule is C[C@H](Oc1ccccc1)C(=O)N1CCN(CCO)CC1. The summed E-state index contributed by atoms with van der Waals surface area (Å²) in [5.41, 5.74) is 0. The summed E-state index contributed by atoms with van der Waals surface area (Å²) in [5, 5.41) is 8.90. The first-order valence-electron chi connectivity index (χ1n) is 7.04. The predicted octanol–water partition coefficient (Wildman–Crippen LogP) is 0.590. The quantitative estimate of drug-likeness (QED) is 0.856. The first-order chi connectivity index (χ1) is 9.70. The van der Waals surface area contributed by atoms with E-state index >= 15 is 0 Å². The van der Waals surface area contributed by atoms with E-state index in [1.165, 1.54) is 0 Å². The van der Waals surface area contributed by atoms with Crippen molar-refractivity contribution in [2.24, 2.45) is 0 Å². The van der Waals surface area contributed by atoms with Gasteiger partial charge in [0.15, 0.2) is 6.10 Å². The second-order valence-electron chi connectivity index (χ2n) is 4.96. The van der Waals surface area contributed by atoms with Crippen LogP contribution in [-0.4, -0.2) is 66.2 Å². The highest BCUT2D eigenvalue weighted by molar-refractivity contribution is 5.81. The monoisotopic (exact) mass is 278 g/mol. The fourth-order valence-electron chi connectivity index (χ4n) is 2.34. The van der Waals surface area contributed by atoms with Gasteiger partial charge in [0, 0.05) is 32.7 Å². The van der Waals surface area contributed by atoms with Gasteiger partial charge < -0.3 is 14.7 Å². The van der Waals surface area contributed by atoms with Crippen LogP contribution in [0.4, 0.5) is 0 Å². The molecule has 110 valence electrons. The Hall–Kier alpha value is -1.59. The van der Waals surface area contributed by atoms with E-state index in [-0.39, 0.29) is 12.5 Å². The Morgan fingerprint density at radius 3 is 2.50 bits per heavy atom. The van der Waals surface area contributed by atoms with E-state index in [0.29, 0.717) is 25.4 Å². The van der Waals surface area contributed by atoms with E-state index in [1.807, 2.05) is 35.2 Å². The molecule has 0 radical (unpaired) electrons. The lowest BCUT2D eigenvalue weighted by molar-refractivity contribution is -0.139. The molecule has 0 aromatic heterocycles. The van der Waals surface area contributed by atoms with Crippen molar-refractivity contribution in [3.63, 3.8) is 0 Å². The summed E-state index contributed by atoms with van der Waals surface area (Å²) < 4.78 is 5.66. The number of amides is 1. The van der Waals surface area contributed by atoms with Gasteiger partial charge in [-0.1, -0.05) is 18.2 Å². The van der Waals surface area contributed by atoms with Gasteiger partial charge in [0.05, 0.1) is 6.61 Å². The molecule has 2 rings (SSSR count). The Labute approximate surface area is 119 Å². The predicted molar refractivity (Wildman–Crippen MR) is 76.6 cm³/mol. The van der Waals surface area contributed by atoms with Crippen LogP contribution in [0.5, 0.6) is 5.75 Å². The minimum absolute atomic E-state index is 0.0255. The van der Waals surface area contributed by atoms with Crippen LogP contribution in [0.25, 0.3) is 0 Å². The van der Waals surface area contributed by atoms with Crippen molar-refractivity contribution >= 4 is 5.91 Å². The summed E-state index contributed by atoms with van der Waals surface area (Å²) in [6.45, 7) is 5.65. The molecular formula is C15H22N2O3. The van der Waals surface area contributed by atoms with Crippen LogP contribution in [0.2, 0.25) is 0 Å². The zero-order valence-corrected chi connectivity index (χ0v) is 11.9. The van der Waals surface area contributed by atoms with Crippen molar-refractivity contribution in [1.29, 1.82) is 0 Å². The van der Waals surface area contributed by atoms with Crippen molar-refractivity contribution in [2.45, 2.75) is 13.0 Å². The average molecular weight is 278 g/mol. The number of ether oxygens (including phenoxy) is 1. The Bertz CT molecular complexity index is 416. The number of nitrogens with zero attached hydrogens (tertiary/aromatic N) is 2. The van der Waals surface area contributed by atoms with Crippen LogP contribution in [0.1, 0.15) is 6.92 Å². The zero-order valence-electron chi connectivity index (χ0n) is 11.9. The normalized spacial score (nSPS) is 17.8. The molecule has 1 aromatic rings. The third-order valence-corrected chi connectivity index (χ3v) is 3.50. The van der Waals surface area contributed by atoms with Gasteiger partial charge in [-0.3, -0.25) is 9.69 Å². The second-order valence-corrected chi connectivity index (χ2v) is 4.96. The van der Waals surface area contributed by atoms with Gasteiger partial charge in [-0.05, 0) is 19.1 Å². The number of carbonyl (C=O) groups excluding carboxylic acids is 1. The highest BCUT2D eigenvalue weighted by atomic mass is 16.5. The number of benzene rings is 1. The highest BCUT2D eigenvalue weighted by Gasteiger charge is 2.25. The van der Waals surface area contributed by atoms with Crippen LogP contribution in [0.3, 0.4) is 0 Å². The van der Waals surface area contributed by atoms with Gasteiger partial charge in [0.2, 0.25) is 0 Å². The molecule has 5 heteroatoms. The minimum Gasteiger partial charge on any atom is -0.481 e. The van der Waals surface area contributed by atoms with Crippen LogP contribution in [0.15, 0.2) is 30.3 Å². The van der Waals surface area contributed by atoms with E-state index in [4.69, 9.17) is 9.84 Å². The highest BCUT2D eigenvalue weighted by Crippen LogP contribution is 2.13. The third-order valence-electron chi connectivity index (χ3n) is 3.50. The maximum absolute atomic E-state index is 12.3. The van der Waals surface area contributed by atoms with Gasteiger partial charge in [0.25, 0.3) is 5.91 Å². The summed E-state index contributed by atoms with van der Waals surface area (Å²) in [7, 11) is 0. The standard InChI is InChI=1S/C15H22N2O3/c1-13(20-14-5-3-2-4-6-14)15(19)17-9-7-16(8-10-17)11-12-18/h2-6,13,18H,7-12H2,1H3/t13-/m0/s1. The lowest BCUT2D eigenvalue weighted by Gasteiger charge is -2.35. The largest absolute Gasteiger partial charge is 0.481 e.